The molecule has 4 heteroatoms. The highest BCUT2D eigenvalue weighted by atomic mass is 16.3. The maximum atomic E-state index is 8.58. The van der Waals surface area contributed by atoms with E-state index in [-0.39, 0.29) is 6.61 Å². The smallest absolute Gasteiger partial charge is 0.200 e. The summed E-state index contributed by atoms with van der Waals surface area (Å²) in [5, 5.41) is 8.58. The molecule has 1 aromatic heterocycles. The van der Waals surface area contributed by atoms with Gasteiger partial charge in [-0.25, -0.2) is 4.98 Å². The second-order valence-corrected chi connectivity index (χ2v) is 2.13. The number of aryl methyl sites for hydroxylation is 1. The van der Waals surface area contributed by atoms with Crippen molar-refractivity contribution in [3.05, 3.63) is 11.9 Å². The van der Waals surface area contributed by atoms with Gasteiger partial charge in [0.15, 0.2) is 5.95 Å². The lowest BCUT2D eigenvalue weighted by atomic mass is 10.5. The van der Waals surface area contributed by atoms with Gasteiger partial charge in [0.2, 0.25) is 0 Å². The highest BCUT2D eigenvalue weighted by molar-refractivity contribution is 5.21. The van der Waals surface area contributed by atoms with Crippen molar-refractivity contribution in [1.29, 1.82) is 0 Å². The molecule has 56 valence electrons. The Morgan fingerprint density at radius 1 is 1.80 bits per heavy atom. The minimum Gasteiger partial charge on any atom is -0.395 e. The van der Waals surface area contributed by atoms with Gasteiger partial charge in [0.05, 0.1) is 12.8 Å². The van der Waals surface area contributed by atoms with E-state index in [1.54, 1.807) is 10.8 Å². The predicted octanol–water partition coefficient (Wildman–Crippen LogP) is -0.234. The van der Waals surface area contributed by atoms with Crippen molar-refractivity contribution in [1.82, 2.24) is 9.55 Å². The van der Waals surface area contributed by atoms with Gasteiger partial charge in [0.25, 0.3) is 0 Å². The van der Waals surface area contributed by atoms with E-state index in [1.165, 1.54) is 0 Å². The van der Waals surface area contributed by atoms with Gasteiger partial charge < -0.3 is 15.4 Å². The first-order valence-electron chi connectivity index (χ1n) is 3.14. The van der Waals surface area contributed by atoms with E-state index in [4.69, 9.17) is 10.8 Å². The molecule has 0 saturated carbocycles. The normalized spacial score (nSPS) is 10.2. The fraction of sp³-hybridized carbons (Fsp3) is 0.500. The van der Waals surface area contributed by atoms with Gasteiger partial charge in [-0.2, -0.15) is 0 Å². The lowest BCUT2D eigenvalue weighted by molar-refractivity contribution is 0.276. The first-order valence-corrected chi connectivity index (χ1v) is 3.14. The lowest BCUT2D eigenvalue weighted by Crippen LogP contribution is -2.07. The quantitative estimate of drug-likeness (QED) is 0.597. The Bertz CT molecular complexity index is 199. The van der Waals surface area contributed by atoms with Crippen LogP contribution in [0.4, 0.5) is 5.95 Å². The molecule has 0 aliphatic rings. The van der Waals surface area contributed by atoms with Crippen molar-refractivity contribution in [3.63, 3.8) is 0 Å². The van der Waals surface area contributed by atoms with Crippen molar-refractivity contribution in [3.8, 4) is 0 Å². The molecule has 0 atom stereocenters. The molecule has 0 radical (unpaired) electrons. The van der Waals surface area contributed by atoms with E-state index in [9.17, 15) is 0 Å². The molecule has 4 nitrogen and oxygen atoms in total. The Labute approximate surface area is 59.3 Å². The number of nitrogens with zero attached hydrogens (tertiary/aromatic N) is 2. The maximum Gasteiger partial charge on any atom is 0.200 e. The van der Waals surface area contributed by atoms with Crippen molar-refractivity contribution < 1.29 is 5.11 Å². The molecule has 3 N–H and O–H groups in total. The van der Waals surface area contributed by atoms with Crippen LogP contribution in [0.2, 0.25) is 0 Å². The zero-order chi connectivity index (χ0) is 7.56. The minimum absolute atomic E-state index is 0.0986. The van der Waals surface area contributed by atoms with Crippen LogP contribution in [0, 0.1) is 6.92 Å². The highest BCUT2D eigenvalue weighted by Crippen LogP contribution is 2.03. The second kappa shape index (κ2) is 2.70. The number of nitrogens with two attached hydrogens (primary N) is 1. The molecular weight excluding hydrogens is 130 g/mol. The molecule has 1 heterocycles. The van der Waals surface area contributed by atoms with Crippen LogP contribution in [0.1, 0.15) is 5.69 Å². The Balaban J connectivity index is 2.87. The molecule has 10 heavy (non-hydrogen) atoms. The minimum atomic E-state index is 0.0986. The average molecular weight is 141 g/mol. The standard InChI is InChI=1S/C6H11N3O/c1-5-4-8-6(7)9(5)2-3-10/h4,10H,2-3H2,1H3,(H2,7,8). The lowest BCUT2D eigenvalue weighted by Gasteiger charge is -2.02. The van der Waals surface area contributed by atoms with Crippen LogP contribution in [0.15, 0.2) is 6.20 Å². The number of aliphatic hydroxyl groups excluding tert-OH is 1. The van der Waals surface area contributed by atoms with Gasteiger partial charge in [-0.1, -0.05) is 0 Å². The number of hydrogen-bond donors (Lipinski definition) is 2. The zero-order valence-electron chi connectivity index (χ0n) is 5.91. The third-order valence-corrected chi connectivity index (χ3v) is 1.41. The summed E-state index contributed by atoms with van der Waals surface area (Å²) in [7, 11) is 0. The fourth-order valence-corrected chi connectivity index (χ4v) is 0.871. The molecule has 0 saturated heterocycles. The summed E-state index contributed by atoms with van der Waals surface area (Å²) in [6.45, 7) is 2.53. The Morgan fingerprint density at radius 3 is 2.90 bits per heavy atom. The third-order valence-electron chi connectivity index (χ3n) is 1.41. The maximum absolute atomic E-state index is 8.58. The van der Waals surface area contributed by atoms with Gasteiger partial charge in [-0.3, -0.25) is 0 Å². The van der Waals surface area contributed by atoms with E-state index in [1.807, 2.05) is 6.92 Å². The number of aromatic nitrogens is 2. The molecule has 0 spiro atoms. The fourth-order valence-electron chi connectivity index (χ4n) is 0.871. The van der Waals surface area contributed by atoms with Gasteiger partial charge in [-0.05, 0) is 6.92 Å². The molecule has 0 fully saturated rings. The monoisotopic (exact) mass is 141 g/mol. The van der Waals surface area contributed by atoms with Gasteiger partial charge in [0.1, 0.15) is 0 Å². The summed E-state index contributed by atoms with van der Waals surface area (Å²) in [5.41, 5.74) is 6.45. The van der Waals surface area contributed by atoms with E-state index in [0.717, 1.165) is 5.69 Å². The van der Waals surface area contributed by atoms with Crippen molar-refractivity contribution in [2.45, 2.75) is 13.5 Å². The van der Waals surface area contributed by atoms with Crippen LogP contribution in [0.5, 0.6) is 0 Å². The van der Waals surface area contributed by atoms with Crippen molar-refractivity contribution in [2.24, 2.45) is 0 Å². The first-order chi connectivity index (χ1) is 4.75. The molecule has 0 aliphatic carbocycles. The molecule has 1 aromatic rings. The Hall–Kier alpha value is -1.03. The number of nitrogen functional groups attached to an aromatic ring is 1. The molecule has 0 aliphatic heterocycles. The van der Waals surface area contributed by atoms with Crippen LogP contribution in [-0.2, 0) is 6.54 Å². The topological polar surface area (TPSA) is 64.1 Å². The van der Waals surface area contributed by atoms with E-state index in [2.05, 4.69) is 4.98 Å². The van der Waals surface area contributed by atoms with Gasteiger partial charge in [-0.15, -0.1) is 0 Å². The van der Waals surface area contributed by atoms with Gasteiger partial charge >= 0.3 is 0 Å². The largest absolute Gasteiger partial charge is 0.395 e. The van der Waals surface area contributed by atoms with E-state index in [0.29, 0.717) is 12.5 Å². The molecule has 0 amide bonds. The SMILES string of the molecule is Cc1cnc(N)n1CCO. The average Bonchev–Trinajstić information content (AvgIpc) is 2.20. The summed E-state index contributed by atoms with van der Waals surface area (Å²) in [6, 6.07) is 0. The number of imidazole rings is 1. The molecule has 1 rings (SSSR count). The summed E-state index contributed by atoms with van der Waals surface area (Å²) in [4.78, 5) is 3.86. The van der Waals surface area contributed by atoms with Crippen molar-refractivity contribution >= 4 is 5.95 Å². The second-order valence-electron chi connectivity index (χ2n) is 2.13. The van der Waals surface area contributed by atoms with Crippen LogP contribution in [0.25, 0.3) is 0 Å². The van der Waals surface area contributed by atoms with Crippen LogP contribution < -0.4 is 5.73 Å². The molecule has 0 unspecified atom stereocenters. The summed E-state index contributed by atoms with van der Waals surface area (Å²) >= 11 is 0. The highest BCUT2D eigenvalue weighted by Gasteiger charge is 1.99. The summed E-state index contributed by atoms with van der Waals surface area (Å²) in [6.07, 6.45) is 1.69. The number of hydrogen-bond acceptors (Lipinski definition) is 3. The molecular formula is C6H11N3O. The Morgan fingerprint density at radius 2 is 2.50 bits per heavy atom. The molecule has 0 bridgehead atoms. The zero-order valence-corrected chi connectivity index (χ0v) is 5.91. The number of rotatable bonds is 2. The number of anilines is 1. The van der Waals surface area contributed by atoms with Crippen LogP contribution in [0.3, 0.4) is 0 Å². The summed E-state index contributed by atoms with van der Waals surface area (Å²) in [5.74, 6) is 0.464. The van der Waals surface area contributed by atoms with E-state index < -0.39 is 0 Å². The Kier molecular flexibility index (Phi) is 1.91. The number of aliphatic hydroxyl groups is 1. The van der Waals surface area contributed by atoms with Crippen molar-refractivity contribution in [2.75, 3.05) is 12.3 Å². The molecule has 0 aromatic carbocycles. The third kappa shape index (κ3) is 1.11. The van der Waals surface area contributed by atoms with E-state index >= 15 is 0 Å². The van der Waals surface area contributed by atoms with Crippen LogP contribution >= 0.6 is 0 Å². The first kappa shape index (κ1) is 7.08. The predicted molar refractivity (Wildman–Crippen MR) is 38.5 cm³/mol. The summed E-state index contributed by atoms with van der Waals surface area (Å²) < 4.78 is 1.76. The van der Waals surface area contributed by atoms with Crippen LogP contribution in [-0.4, -0.2) is 21.3 Å². The van der Waals surface area contributed by atoms with Gasteiger partial charge in [0, 0.05) is 12.2 Å².